The first-order chi connectivity index (χ1) is 7.07. The van der Waals surface area contributed by atoms with Gasteiger partial charge in [0.1, 0.15) is 5.78 Å². The third kappa shape index (κ3) is 2.78. The quantitative estimate of drug-likeness (QED) is 0.648. The summed E-state index contributed by atoms with van der Waals surface area (Å²) in [6.07, 6.45) is 2.93. The molecule has 0 aromatic heterocycles. The molecule has 2 fully saturated rings. The maximum Gasteiger partial charge on any atom is 0.151 e. The summed E-state index contributed by atoms with van der Waals surface area (Å²) in [6.45, 7) is 1.44. The number of carbonyl (C=O) groups is 1. The van der Waals surface area contributed by atoms with Gasteiger partial charge in [0.2, 0.25) is 0 Å². The smallest absolute Gasteiger partial charge is 0.151 e. The van der Waals surface area contributed by atoms with Crippen molar-refractivity contribution < 1.29 is 13.2 Å². The Morgan fingerprint density at radius 1 is 1.20 bits per heavy atom. The summed E-state index contributed by atoms with van der Waals surface area (Å²) >= 11 is 0. The number of carbonyl (C=O) groups excluding carboxylic acids is 1. The fourth-order valence-corrected chi connectivity index (χ4v) is 3.71. The van der Waals surface area contributed by atoms with Gasteiger partial charge in [0.25, 0.3) is 0 Å². The van der Waals surface area contributed by atoms with E-state index in [0.717, 1.165) is 13.0 Å². The van der Waals surface area contributed by atoms with Gasteiger partial charge in [-0.1, -0.05) is 0 Å². The number of hydrogen-bond donors (Lipinski definition) is 0. The molecule has 0 bridgehead atoms. The van der Waals surface area contributed by atoms with E-state index in [1.807, 2.05) is 0 Å². The van der Waals surface area contributed by atoms with Crippen LogP contribution in [0.3, 0.4) is 0 Å². The Bertz CT molecular complexity index is 350. The van der Waals surface area contributed by atoms with Gasteiger partial charge in [0.15, 0.2) is 9.84 Å². The van der Waals surface area contributed by atoms with Gasteiger partial charge in [-0.3, -0.25) is 9.69 Å². The Morgan fingerprint density at radius 2 is 2.00 bits per heavy atom. The molecule has 15 heavy (non-hydrogen) atoms. The Morgan fingerprint density at radius 3 is 2.67 bits per heavy atom. The molecule has 5 heteroatoms. The van der Waals surface area contributed by atoms with Gasteiger partial charge in [-0.05, 0) is 19.4 Å². The van der Waals surface area contributed by atoms with Crippen molar-refractivity contribution >= 4 is 15.6 Å². The van der Waals surface area contributed by atoms with Crippen LogP contribution in [0.4, 0.5) is 0 Å². The van der Waals surface area contributed by atoms with Crippen LogP contribution in [-0.2, 0) is 14.6 Å². The fourth-order valence-electron chi connectivity index (χ4n) is 2.43. The molecule has 1 aliphatic heterocycles. The van der Waals surface area contributed by atoms with Gasteiger partial charge < -0.3 is 0 Å². The lowest BCUT2D eigenvalue weighted by atomic mass is 10.2. The zero-order valence-electron chi connectivity index (χ0n) is 8.81. The van der Waals surface area contributed by atoms with Crippen LogP contribution in [0.5, 0.6) is 0 Å². The largest absolute Gasteiger partial charge is 0.300 e. The van der Waals surface area contributed by atoms with E-state index in [9.17, 15) is 13.2 Å². The molecule has 86 valence electrons. The topological polar surface area (TPSA) is 54.5 Å². The van der Waals surface area contributed by atoms with E-state index in [4.69, 9.17) is 0 Å². The fraction of sp³-hybridized carbons (Fsp3) is 0.900. The molecule has 1 unspecified atom stereocenters. The molecule has 0 aromatic carbocycles. The average Bonchev–Trinajstić information content (AvgIpc) is 2.49. The van der Waals surface area contributed by atoms with Crippen molar-refractivity contribution in [3.63, 3.8) is 0 Å². The van der Waals surface area contributed by atoms with Crippen molar-refractivity contribution in [3.8, 4) is 0 Å². The Balaban J connectivity index is 1.97. The lowest BCUT2D eigenvalue weighted by Crippen LogP contribution is -2.35. The normalized spacial score (nSPS) is 32.8. The van der Waals surface area contributed by atoms with Gasteiger partial charge in [0, 0.05) is 25.4 Å². The molecule has 2 aliphatic rings. The van der Waals surface area contributed by atoms with Crippen LogP contribution in [0.2, 0.25) is 0 Å². The highest BCUT2D eigenvalue weighted by Gasteiger charge is 2.29. The molecule has 1 saturated heterocycles. The second-order valence-corrected chi connectivity index (χ2v) is 6.78. The van der Waals surface area contributed by atoms with Crippen molar-refractivity contribution in [2.24, 2.45) is 0 Å². The van der Waals surface area contributed by atoms with E-state index < -0.39 is 9.84 Å². The third-order valence-electron chi connectivity index (χ3n) is 3.33. The highest BCUT2D eigenvalue weighted by atomic mass is 32.2. The molecule has 1 atom stereocenters. The minimum atomic E-state index is -2.82. The number of nitrogens with zero attached hydrogens (tertiary/aromatic N) is 1. The van der Waals surface area contributed by atoms with Gasteiger partial charge in [-0.2, -0.15) is 0 Å². The summed E-state index contributed by atoms with van der Waals surface area (Å²) in [6, 6.07) is 0.311. The highest BCUT2D eigenvalue weighted by Crippen LogP contribution is 2.22. The summed E-state index contributed by atoms with van der Waals surface area (Å²) in [5.74, 6) is 0.897. The van der Waals surface area contributed by atoms with E-state index in [1.165, 1.54) is 0 Å². The predicted molar refractivity (Wildman–Crippen MR) is 57.5 cm³/mol. The number of rotatable bonds is 1. The summed E-state index contributed by atoms with van der Waals surface area (Å²) in [4.78, 5) is 13.4. The van der Waals surface area contributed by atoms with Crippen LogP contribution in [0.15, 0.2) is 0 Å². The Kier molecular flexibility index (Phi) is 3.11. The molecule has 0 spiro atoms. The molecule has 0 amide bonds. The molecule has 1 saturated carbocycles. The first kappa shape index (κ1) is 11.1. The van der Waals surface area contributed by atoms with E-state index >= 15 is 0 Å². The molecule has 1 heterocycles. The lowest BCUT2D eigenvalue weighted by Gasteiger charge is -2.25. The molecular formula is C10H17NO3S. The van der Waals surface area contributed by atoms with Crippen LogP contribution in [0.1, 0.15) is 25.7 Å². The zero-order chi connectivity index (χ0) is 10.9. The number of sulfone groups is 1. The molecule has 0 N–H and O–H groups in total. The van der Waals surface area contributed by atoms with Crippen molar-refractivity contribution in [2.45, 2.75) is 31.7 Å². The standard InChI is InChI=1S/C10H17NO3S/c12-10-3-2-9(8-10)11-4-1-6-15(13,14)7-5-11/h9H,1-8H2. The molecule has 2 rings (SSSR count). The molecule has 4 nitrogen and oxygen atoms in total. The van der Waals surface area contributed by atoms with Crippen LogP contribution in [0, 0.1) is 0 Å². The molecule has 0 radical (unpaired) electrons. The van der Waals surface area contributed by atoms with Gasteiger partial charge >= 0.3 is 0 Å². The molecule has 1 aliphatic carbocycles. The second kappa shape index (κ2) is 4.22. The number of ketones is 1. The second-order valence-electron chi connectivity index (χ2n) is 4.48. The van der Waals surface area contributed by atoms with Crippen LogP contribution in [-0.4, -0.2) is 49.7 Å². The summed E-state index contributed by atoms with van der Waals surface area (Å²) in [7, 11) is -2.82. The van der Waals surface area contributed by atoms with E-state index in [1.54, 1.807) is 0 Å². The number of hydrogen-bond acceptors (Lipinski definition) is 4. The average molecular weight is 231 g/mol. The predicted octanol–water partition coefficient (Wildman–Crippen LogP) is 0.229. The Labute approximate surface area is 90.6 Å². The summed E-state index contributed by atoms with van der Waals surface area (Å²) in [5.41, 5.74) is 0. The summed E-state index contributed by atoms with van der Waals surface area (Å²) < 4.78 is 22.8. The zero-order valence-corrected chi connectivity index (χ0v) is 9.63. The van der Waals surface area contributed by atoms with Crippen LogP contribution in [0.25, 0.3) is 0 Å². The van der Waals surface area contributed by atoms with Crippen molar-refractivity contribution in [1.82, 2.24) is 4.90 Å². The molecular weight excluding hydrogens is 214 g/mol. The highest BCUT2D eigenvalue weighted by molar-refractivity contribution is 7.91. The van der Waals surface area contributed by atoms with E-state index in [-0.39, 0.29) is 5.75 Å². The number of Topliss-reactive ketones (excluding diaryl/α,β-unsaturated/α-hetero) is 1. The maximum absolute atomic E-state index is 11.4. The van der Waals surface area contributed by atoms with Crippen molar-refractivity contribution in [3.05, 3.63) is 0 Å². The summed E-state index contributed by atoms with van der Waals surface area (Å²) in [5, 5.41) is 0. The SMILES string of the molecule is O=C1CCC(N2CCCS(=O)(=O)CC2)C1. The van der Waals surface area contributed by atoms with Gasteiger partial charge in [0.05, 0.1) is 11.5 Å². The first-order valence-corrected chi connectivity index (χ1v) is 7.35. The Hall–Kier alpha value is -0.420. The minimum Gasteiger partial charge on any atom is -0.300 e. The van der Waals surface area contributed by atoms with Gasteiger partial charge in [-0.15, -0.1) is 0 Å². The minimum absolute atomic E-state index is 0.262. The van der Waals surface area contributed by atoms with Gasteiger partial charge in [-0.25, -0.2) is 8.42 Å². The van der Waals surface area contributed by atoms with Crippen molar-refractivity contribution in [2.75, 3.05) is 24.6 Å². The van der Waals surface area contributed by atoms with Crippen LogP contribution >= 0.6 is 0 Å². The lowest BCUT2D eigenvalue weighted by molar-refractivity contribution is -0.117. The van der Waals surface area contributed by atoms with E-state index in [2.05, 4.69) is 4.90 Å². The van der Waals surface area contributed by atoms with E-state index in [0.29, 0.717) is 43.4 Å². The third-order valence-corrected chi connectivity index (χ3v) is 5.04. The monoisotopic (exact) mass is 231 g/mol. The molecule has 0 aromatic rings. The first-order valence-electron chi connectivity index (χ1n) is 5.53. The van der Waals surface area contributed by atoms with Crippen LogP contribution < -0.4 is 0 Å². The maximum atomic E-state index is 11.4. The van der Waals surface area contributed by atoms with Crippen molar-refractivity contribution in [1.29, 1.82) is 0 Å².